The molecule has 0 aliphatic heterocycles. The van der Waals surface area contributed by atoms with Crippen LogP contribution in [0.5, 0.6) is 0 Å². The summed E-state index contributed by atoms with van der Waals surface area (Å²) in [6.07, 6.45) is 2.81. The molecular weight excluding hydrogens is 244 g/mol. The summed E-state index contributed by atoms with van der Waals surface area (Å²) in [5.41, 5.74) is 2.36. The largest absolute Gasteiger partial charge is 0.308 e. The van der Waals surface area contributed by atoms with Gasteiger partial charge < -0.3 is 5.32 Å². The Hall–Kier alpha value is -1.38. The minimum absolute atomic E-state index is 0.410. The van der Waals surface area contributed by atoms with Crippen molar-refractivity contribution in [2.45, 2.75) is 25.9 Å². The smallest absolute Gasteiger partial charge is 0.0541 e. The van der Waals surface area contributed by atoms with Crippen molar-refractivity contribution in [2.75, 3.05) is 0 Å². The van der Waals surface area contributed by atoms with E-state index in [1.807, 2.05) is 36.5 Å². The van der Waals surface area contributed by atoms with Crippen LogP contribution in [0.3, 0.4) is 0 Å². The lowest BCUT2D eigenvalue weighted by Crippen LogP contribution is -2.27. The van der Waals surface area contributed by atoms with Crippen LogP contribution in [0.25, 0.3) is 0 Å². The number of rotatable bonds is 5. The number of aromatic nitrogens is 1. The summed E-state index contributed by atoms with van der Waals surface area (Å²) in [7, 11) is 0. The average Bonchev–Trinajstić information content (AvgIpc) is 2.40. The van der Waals surface area contributed by atoms with Gasteiger partial charge in [0.1, 0.15) is 0 Å². The summed E-state index contributed by atoms with van der Waals surface area (Å²) in [5.74, 6) is 0. The molecule has 0 aliphatic rings. The van der Waals surface area contributed by atoms with Crippen LogP contribution in [0.2, 0.25) is 5.02 Å². The van der Waals surface area contributed by atoms with Gasteiger partial charge in [-0.15, -0.1) is 0 Å². The fourth-order valence-corrected chi connectivity index (χ4v) is 1.95. The van der Waals surface area contributed by atoms with Gasteiger partial charge in [0.25, 0.3) is 0 Å². The monoisotopic (exact) mass is 260 g/mol. The molecule has 2 rings (SSSR count). The van der Waals surface area contributed by atoms with E-state index in [2.05, 4.69) is 29.4 Å². The molecule has 1 aromatic heterocycles. The van der Waals surface area contributed by atoms with E-state index in [9.17, 15) is 0 Å². The third kappa shape index (κ3) is 4.13. The van der Waals surface area contributed by atoms with Crippen LogP contribution in [0.15, 0.2) is 48.7 Å². The summed E-state index contributed by atoms with van der Waals surface area (Å²) < 4.78 is 0. The molecule has 18 heavy (non-hydrogen) atoms. The Morgan fingerprint density at radius 3 is 2.61 bits per heavy atom. The Labute approximate surface area is 113 Å². The highest BCUT2D eigenvalue weighted by Crippen LogP contribution is 2.11. The van der Waals surface area contributed by atoms with Gasteiger partial charge in [0.05, 0.1) is 5.69 Å². The van der Waals surface area contributed by atoms with Crippen molar-refractivity contribution in [2.24, 2.45) is 0 Å². The van der Waals surface area contributed by atoms with Crippen LogP contribution in [0, 0.1) is 0 Å². The highest BCUT2D eigenvalue weighted by Gasteiger charge is 2.03. The first-order valence-electron chi connectivity index (χ1n) is 6.12. The Balaban J connectivity index is 1.82. The van der Waals surface area contributed by atoms with Gasteiger partial charge in [-0.2, -0.15) is 0 Å². The van der Waals surface area contributed by atoms with E-state index in [1.54, 1.807) is 0 Å². The summed E-state index contributed by atoms with van der Waals surface area (Å²) in [6, 6.07) is 14.4. The van der Waals surface area contributed by atoms with Crippen molar-refractivity contribution in [1.29, 1.82) is 0 Å². The molecule has 1 unspecified atom stereocenters. The van der Waals surface area contributed by atoms with Gasteiger partial charge in [-0.3, -0.25) is 4.98 Å². The van der Waals surface area contributed by atoms with Gasteiger partial charge in [-0.05, 0) is 43.2 Å². The molecule has 3 heteroatoms. The van der Waals surface area contributed by atoms with Crippen molar-refractivity contribution in [1.82, 2.24) is 10.3 Å². The van der Waals surface area contributed by atoms with Crippen LogP contribution < -0.4 is 5.32 Å². The van der Waals surface area contributed by atoms with E-state index in [1.165, 1.54) is 5.56 Å². The van der Waals surface area contributed by atoms with E-state index < -0.39 is 0 Å². The fraction of sp³-hybridized carbons (Fsp3) is 0.267. The predicted molar refractivity (Wildman–Crippen MR) is 75.7 cm³/mol. The molecule has 1 aromatic carbocycles. The fourth-order valence-electron chi connectivity index (χ4n) is 1.83. The molecular formula is C15H17ClN2. The second-order valence-electron chi connectivity index (χ2n) is 4.43. The first kappa shape index (κ1) is 13.1. The van der Waals surface area contributed by atoms with E-state index in [-0.39, 0.29) is 0 Å². The van der Waals surface area contributed by atoms with Crippen molar-refractivity contribution >= 4 is 11.6 Å². The molecule has 0 saturated carbocycles. The van der Waals surface area contributed by atoms with Crippen LogP contribution in [0.1, 0.15) is 18.2 Å². The van der Waals surface area contributed by atoms with Crippen LogP contribution in [0.4, 0.5) is 0 Å². The normalized spacial score (nSPS) is 12.3. The SMILES string of the molecule is CC(Cc1ccc(Cl)cc1)NCc1ccccn1. The van der Waals surface area contributed by atoms with Crippen LogP contribution in [-0.2, 0) is 13.0 Å². The van der Waals surface area contributed by atoms with Gasteiger partial charge in [0.2, 0.25) is 0 Å². The molecule has 94 valence electrons. The molecule has 0 radical (unpaired) electrons. The number of halogens is 1. The second-order valence-corrected chi connectivity index (χ2v) is 4.87. The van der Waals surface area contributed by atoms with Crippen LogP contribution in [-0.4, -0.2) is 11.0 Å². The topological polar surface area (TPSA) is 24.9 Å². The second kappa shape index (κ2) is 6.53. The number of nitrogens with zero attached hydrogens (tertiary/aromatic N) is 1. The summed E-state index contributed by atoms with van der Waals surface area (Å²) in [4.78, 5) is 4.29. The maximum Gasteiger partial charge on any atom is 0.0541 e. The predicted octanol–water partition coefficient (Wildman–Crippen LogP) is 3.46. The molecule has 1 heterocycles. The van der Waals surface area contributed by atoms with E-state index in [0.29, 0.717) is 6.04 Å². The molecule has 0 spiro atoms. The third-order valence-corrected chi connectivity index (χ3v) is 3.06. The summed E-state index contributed by atoms with van der Waals surface area (Å²) >= 11 is 5.87. The minimum Gasteiger partial charge on any atom is -0.308 e. The molecule has 0 fully saturated rings. The van der Waals surface area contributed by atoms with Gasteiger partial charge in [0.15, 0.2) is 0 Å². The molecule has 1 atom stereocenters. The number of hydrogen-bond donors (Lipinski definition) is 1. The lowest BCUT2D eigenvalue weighted by Gasteiger charge is -2.13. The van der Waals surface area contributed by atoms with Gasteiger partial charge in [-0.1, -0.05) is 29.8 Å². The van der Waals surface area contributed by atoms with Gasteiger partial charge >= 0.3 is 0 Å². The number of hydrogen-bond acceptors (Lipinski definition) is 2. The zero-order valence-corrected chi connectivity index (χ0v) is 11.2. The molecule has 0 saturated heterocycles. The third-order valence-electron chi connectivity index (χ3n) is 2.81. The summed E-state index contributed by atoms with van der Waals surface area (Å²) in [5, 5.41) is 4.25. The molecule has 0 aliphatic carbocycles. The standard InChI is InChI=1S/C15H17ClN2/c1-12(10-13-5-7-14(16)8-6-13)18-11-15-4-2-3-9-17-15/h2-9,12,18H,10-11H2,1H3. The zero-order valence-electron chi connectivity index (χ0n) is 10.4. The lowest BCUT2D eigenvalue weighted by atomic mass is 10.1. The Morgan fingerprint density at radius 1 is 1.17 bits per heavy atom. The van der Waals surface area contributed by atoms with Crippen molar-refractivity contribution in [3.63, 3.8) is 0 Å². The van der Waals surface area contributed by atoms with Crippen molar-refractivity contribution in [3.05, 3.63) is 64.9 Å². The van der Waals surface area contributed by atoms with Crippen LogP contribution >= 0.6 is 11.6 Å². The summed E-state index contributed by atoms with van der Waals surface area (Å²) in [6.45, 7) is 2.98. The molecule has 1 N–H and O–H groups in total. The Kier molecular flexibility index (Phi) is 4.73. The Bertz CT molecular complexity index is 468. The average molecular weight is 261 g/mol. The highest BCUT2D eigenvalue weighted by molar-refractivity contribution is 6.30. The maximum atomic E-state index is 5.87. The number of pyridine rings is 1. The van der Waals surface area contributed by atoms with Crippen molar-refractivity contribution in [3.8, 4) is 0 Å². The van der Waals surface area contributed by atoms with E-state index in [0.717, 1.165) is 23.7 Å². The molecule has 2 aromatic rings. The van der Waals surface area contributed by atoms with E-state index >= 15 is 0 Å². The minimum atomic E-state index is 0.410. The van der Waals surface area contributed by atoms with E-state index in [4.69, 9.17) is 11.6 Å². The quantitative estimate of drug-likeness (QED) is 0.891. The van der Waals surface area contributed by atoms with Gasteiger partial charge in [-0.25, -0.2) is 0 Å². The molecule has 0 bridgehead atoms. The zero-order chi connectivity index (χ0) is 12.8. The maximum absolute atomic E-state index is 5.87. The number of benzene rings is 1. The highest BCUT2D eigenvalue weighted by atomic mass is 35.5. The molecule has 0 amide bonds. The number of nitrogens with one attached hydrogen (secondary N) is 1. The first-order chi connectivity index (χ1) is 8.74. The Morgan fingerprint density at radius 2 is 1.94 bits per heavy atom. The molecule has 2 nitrogen and oxygen atoms in total. The van der Waals surface area contributed by atoms with Gasteiger partial charge in [0, 0.05) is 23.8 Å². The first-order valence-corrected chi connectivity index (χ1v) is 6.49. The lowest BCUT2D eigenvalue weighted by molar-refractivity contribution is 0.540. The van der Waals surface area contributed by atoms with Crippen molar-refractivity contribution < 1.29 is 0 Å².